The van der Waals surface area contributed by atoms with Crippen LogP contribution in [0.1, 0.15) is 32.1 Å². The number of azide groups is 1. The Morgan fingerprint density at radius 1 is 1.27 bits per heavy atom. The van der Waals surface area contributed by atoms with Gasteiger partial charge in [-0.25, -0.2) is 0 Å². The van der Waals surface area contributed by atoms with Crippen LogP contribution in [-0.2, 0) is 0 Å². The van der Waals surface area contributed by atoms with Crippen molar-refractivity contribution in [1.82, 2.24) is 0 Å². The molecule has 4 nitrogen and oxygen atoms in total. The molecule has 0 radical (unpaired) electrons. The maximum absolute atomic E-state index is 9.42. The summed E-state index contributed by atoms with van der Waals surface area (Å²) in [6, 6.07) is -0.178. The summed E-state index contributed by atoms with van der Waals surface area (Å²) >= 11 is 0. The van der Waals surface area contributed by atoms with Crippen molar-refractivity contribution in [2.75, 3.05) is 0 Å². The van der Waals surface area contributed by atoms with E-state index in [2.05, 4.69) is 10.0 Å². The van der Waals surface area contributed by atoms with E-state index in [1.165, 1.54) is 0 Å². The summed E-state index contributed by atoms with van der Waals surface area (Å²) in [4.78, 5) is 2.72. The number of aliphatic hydroxyl groups excluding tert-OH is 1. The number of aliphatic hydroxyl groups is 1. The standard InChI is InChI=1S/C7H13N3O/c8-10-9-6-4-2-1-3-5-7(6)11/h6-7,11H,1-5H2/t6-,7+/m1/s1. The van der Waals surface area contributed by atoms with Crippen molar-refractivity contribution < 1.29 is 5.11 Å². The Morgan fingerprint density at radius 2 is 2.00 bits per heavy atom. The van der Waals surface area contributed by atoms with E-state index < -0.39 is 6.10 Å². The van der Waals surface area contributed by atoms with Crippen LogP contribution < -0.4 is 0 Å². The van der Waals surface area contributed by atoms with Crippen molar-refractivity contribution in [3.63, 3.8) is 0 Å². The Hall–Kier alpha value is -0.730. The summed E-state index contributed by atoms with van der Waals surface area (Å²) in [5, 5.41) is 13.0. The lowest BCUT2D eigenvalue weighted by Gasteiger charge is -2.13. The maximum atomic E-state index is 9.42. The average Bonchev–Trinajstić information content (AvgIpc) is 2.18. The molecule has 1 fully saturated rings. The van der Waals surface area contributed by atoms with Gasteiger partial charge in [0.05, 0.1) is 12.1 Å². The number of hydrogen-bond acceptors (Lipinski definition) is 2. The third kappa shape index (κ3) is 2.41. The van der Waals surface area contributed by atoms with E-state index in [4.69, 9.17) is 5.53 Å². The molecule has 0 aliphatic heterocycles. The smallest absolute Gasteiger partial charge is 0.0633 e. The molecule has 4 heteroatoms. The van der Waals surface area contributed by atoms with E-state index in [1.54, 1.807) is 0 Å². The van der Waals surface area contributed by atoms with E-state index >= 15 is 0 Å². The lowest BCUT2D eigenvalue weighted by molar-refractivity contribution is 0.137. The average molecular weight is 155 g/mol. The third-order valence-electron chi connectivity index (χ3n) is 2.14. The van der Waals surface area contributed by atoms with Crippen LogP contribution in [0.3, 0.4) is 0 Å². The molecule has 0 aromatic heterocycles. The summed E-state index contributed by atoms with van der Waals surface area (Å²) < 4.78 is 0. The normalized spacial score (nSPS) is 32.1. The first-order valence-corrected chi connectivity index (χ1v) is 4.07. The lowest BCUT2D eigenvalue weighted by atomic mass is 10.1. The van der Waals surface area contributed by atoms with Gasteiger partial charge in [-0.1, -0.05) is 24.4 Å². The molecule has 1 aliphatic rings. The minimum absolute atomic E-state index is 0.178. The predicted molar refractivity (Wildman–Crippen MR) is 42.0 cm³/mol. The van der Waals surface area contributed by atoms with Crippen molar-refractivity contribution in [2.45, 2.75) is 44.2 Å². The first-order valence-electron chi connectivity index (χ1n) is 4.07. The molecule has 1 N–H and O–H groups in total. The van der Waals surface area contributed by atoms with Crippen molar-refractivity contribution in [3.05, 3.63) is 10.4 Å². The van der Waals surface area contributed by atoms with Crippen LogP contribution in [0.5, 0.6) is 0 Å². The van der Waals surface area contributed by atoms with Crippen LogP contribution in [0, 0.1) is 0 Å². The molecule has 1 saturated carbocycles. The molecule has 0 heterocycles. The molecule has 0 unspecified atom stereocenters. The van der Waals surface area contributed by atoms with Gasteiger partial charge in [-0.05, 0) is 18.4 Å². The fourth-order valence-corrected chi connectivity index (χ4v) is 1.47. The quantitative estimate of drug-likeness (QED) is 0.267. The molecule has 0 aromatic carbocycles. The fraction of sp³-hybridized carbons (Fsp3) is 1.00. The molecular formula is C7H13N3O. The van der Waals surface area contributed by atoms with Gasteiger partial charge >= 0.3 is 0 Å². The van der Waals surface area contributed by atoms with Gasteiger partial charge in [0.2, 0.25) is 0 Å². The van der Waals surface area contributed by atoms with Crippen LogP contribution in [0.25, 0.3) is 10.4 Å². The second-order valence-electron chi connectivity index (χ2n) is 2.98. The molecule has 2 atom stereocenters. The Balaban J connectivity index is 2.51. The largest absolute Gasteiger partial charge is 0.393 e. The first-order chi connectivity index (χ1) is 5.34. The second kappa shape index (κ2) is 4.21. The van der Waals surface area contributed by atoms with E-state index in [0.29, 0.717) is 0 Å². The minimum Gasteiger partial charge on any atom is -0.393 e. The van der Waals surface area contributed by atoms with Gasteiger partial charge in [0.1, 0.15) is 0 Å². The van der Waals surface area contributed by atoms with E-state index in [9.17, 15) is 5.11 Å². The van der Waals surface area contributed by atoms with E-state index in [0.717, 1.165) is 32.1 Å². The van der Waals surface area contributed by atoms with Gasteiger partial charge in [-0.15, -0.1) is 0 Å². The van der Waals surface area contributed by atoms with Gasteiger partial charge in [-0.3, -0.25) is 0 Å². The van der Waals surface area contributed by atoms with Gasteiger partial charge in [0.15, 0.2) is 0 Å². The number of rotatable bonds is 1. The van der Waals surface area contributed by atoms with Gasteiger partial charge in [-0.2, -0.15) is 0 Å². The molecule has 62 valence electrons. The Labute approximate surface area is 65.9 Å². The highest BCUT2D eigenvalue weighted by molar-refractivity contribution is 4.78. The lowest BCUT2D eigenvalue weighted by Crippen LogP contribution is -2.21. The molecule has 0 saturated heterocycles. The van der Waals surface area contributed by atoms with Crippen LogP contribution in [0.4, 0.5) is 0 Å². The molecule has 1 aliphatic carbocycles. The Kier molecular flexibility index (Phi) is 3.20. The zero-order valence-electron chi connectivity index (χ0n) is 6.48. The van der Waals surface area contributed by atoms with Crippen molar-refractivity contribution in [1.29, 1.82) is 0 Å². The molecule has 0 bridgehead atoms. The summed E-state index contributed by atoms with van der Waals surface area (Å²) in [6.07, 6.45) is 4.48. The fourth-order valence-electron chi connectivity index (χ4n) is 1.47. The highest BCUT2D eigenvalue weighted by atomic mass is 16.3. The van der Waals surface area contributed by atoms with Crippen molar-refractivity contribution in [2.24, 2.45) is 5.11 Å². The number of hydrogen-bond donors (Lipinski definition) is 1. The zero-order chi connectivity index (χ0) is 8.10. The molecule has 0 aromatic rings. The summed E-state index contributed by atoms with van der Waals surface area (Å²) in [5.74, 6) is 0. The summed E-state index contributed by atoms with van der Waals surface area (Å²) in [7, 11) is 0. The first kappa shape index (κ1) is 8.37. The molecule has 11 heavy (non-hydrogen) atoms. The van der Waals surface area contributed by atoms with Crippen molar-refractivity contribution in [3.8, 4) is 0 Å². The van der Waals surface area contributed by atoms with Gasteiger partial charge in [0.25, 0.3) is 0 Å². The van der Waals surface area contributed by atoms with Gasteiger partial charge < -0.3 is 5.11 Å². The minimum atomic E-state index is -0.409. The molecule has 1 rings (SSSR count). The van der Waals surface area contributed by atoms with Gasteiger partial charge in [0, 0.05) is 4.91 Å². The van der Waals surface area contributed by atoms with E-state index in [1.807, 2.05) is 0 Å². The van der Waals surface area contributed by atoms with Crippen LogP contribution in [0.2, 0.25) is 0 Å². The molecular weight excluding hydrogens is 142 g/mol. The monoisotopic (exact) mass is 155 g/mol. The third-order valence-corrected chi connectivity index (χ3v) is 2.14. The topological polar surface area (TPSA) is 69.0 Å². The highest BCUT2D eigenvalue weighted by Crippen LogP contribution is 2.20. The van der Waals surface area contributed by atoms with Crippen LogP contribution in [0.15, 0.2) is 5.11 Å². The Bertz CT molecular complexity index is 165. The second-order valence-corrected chi connectivity index (χ2v) is 2.98. The molecule has 0 spiro atoms. The van der Waals surface area contributed by atoms with E-state index in [-0.39, 0.29) is 6.04 Å². The number of nitrogens with zero attached hydrogens (tertiary/aromatic N) is 3. The SMILES string of the molecule is [N-]=[N+]=N[C@@H]1CCCCC[C@@H]1O. The molecule has 0 amide bonds. The Morgan fingerprint density at radius 3 is 2.73 bits per heavy atom. The van der Waals surface area contributed by atoms with Crippen LogP contribution in [-0.4, -0.2) is 17.3 Å². The summed E-state index contributed by atoms with van der Waals surface area (Å²) in [6.45, 7) is 0. The van der Waals surface area contributed by atoms with Crippen molar-refractivity contribution >= 4 is 0 Å². The maximum Gasteiger partial charge on any atom is 0.0633 e. The zero-order valence-corrected chi connectivity index (χ0v) is 6.48. The highest BCUT2D eigenvalue weighted by Gasteiger charge is 2.19. The van der Waals surface area contributed by atoms with Crippen LogP contribution >= 0.6 is 0 Å². The summed E-state index contributed by atoms with van der Waals surface area (Å²) in [5.41, 5.74) is 8.18. The predicted octanol–water partition coefficient (Wildman–Crippen LogP) is 1.99.